The summed E-state index contributed by atoms with van der Waals surface area (Å²) in [6.45, 7) is 1.32. The number of hydrogen-bond acceptors (Lipinski definition) is 6. The zero-order valence-electron chi connectivity index (χ0n) is 10.1. The summed E-state index contributed by atoms with van der Waals surface area (Å²) in [6.07, 6.45) is 1.69. The summed E-state index contributed by atoms with van der Waals surface area (Å²) >= 11 is 5.91. The second kappa shape index (κ2) is 7.82. The zero-order chi connectivity index (χ0) is 13.4. The van der Waals surface area contributed by atoms with Crippen LogP contribution in [0.5, 0.6) is 0 Å². The van der Waals surface area contributed by atoms with E-state index in [0.29, 0.717) is 37.5 Å². The smallest absolute Gasteiger partial charge is 0.140 e. The molecule has 0 spiro atoms. The van der Waals surface area contributed by atoms with Crippen molar-refractivity contribution in [3.05, 3.63) is 17.0 Å². The van der Waals surface area contributed by atoms with Gasteiger partial charge in [0.05, 0.1) is 31.3 Å². The van der Waals surface area contributed by atoms with Gasteiger partial charge in [0, 0.05) is 20.2 Å². The van der Waals surface area contributed by atoms with E-state index < -0.39 is 0 Å². The molecule has 0 aromatic carbocycles. The first-order chi connectivity index (χ1) is 8.74. The summed E-state index contributed by atoms with van der Waals surface area (Å²) in [5, 5.41) is 18.2. The standard InChI is InChI=1S/C11H15ClN4O2/c1-18-6-5-16(4-2-3-13)11-9(7-17)10(12)14-8-15-11/h8,17H,2,4-7H2,1H3. The second-order valence-corrected chi connectivity index (χ2v) is 3.87. The van der Waals surface area contributed by atoms with Crippen LogP contribution in [0.1, 0.15) is 12.0 Å². The minimum atomic E-state index is -0.245. The van der Waals surface area contributed by atoms with Crippen molar-refractivity contribution < 1.29 is 9.84 Å². The SMILES string of the molecule is COCCN(CCC#N)c1ncnc(Cl)c1CO. The summed E-state index contributed by atoms with van der Waals surface area (Å²) in [5.41, 5.74) is 0.466. The Kier molecular flexibility index (Phi) is 6.36. The van der Waals surface area contributed by atoms with Crippen LogP contribution in [0.3, 0.4) is 0 Å². The van der Waals surface area contributed by atoms with E-state index in [1.807, 2.05) is 4.90 Å². The fourth-order valence-electron chi connectivity index (χ4n) is 1.50. The monoisotopic (exact) mass is 270 g/mol. The quantitative estimate of drug-likeness (QED) is 0.744. The van der Waals surface area contributed by atoms with Gasteiger partial charge in [0.2, 0.25) is 0 Å². The van der Waals surface area contributed by atoms with Crippen LogP contribution in [0.4, 0.5) is 5.82 Å². The van der Waals surface area contributed by atoms with Crippen molar-refractivity contribution in [1.29, 1.82) is 5.26 Å². The van der Waals surface area contributed by atoms with E-state index in [4.69, 9.17) is 21.6 Å². The Hall–Kier alpha value is -1.42. The van der Waals surface area contributed by atoms with Crippen molar-refractivity contribution in [2.75, 3.05) is 31.7 Å². The molecule has 0 aliphatic rings. The number of hydrogen-bond donors (Lipinski definition) is 1. The van der Waals surface area contributed by atoms with Crippen LogP contribution in [0.2, 0.25) is 5.15 Å². The summed E-state index contributed by atoms with van der Waals surface area (Å²) in [4.78, 5) is 9.80. The number of aromatic nitrogens is 2. The molecule has 0 fully saturated rings. The van der Waals surface area contributed by atoms with Gasteiger partial charge in [-0.1, -0.05) is 11.6 Å². The van der Waals surface area contributed by atoms with Crippen molar-refractivity contribution in [3.63, 3.8) is 0 Å². The number of nitriles is 1. The third-order valence-electron chi connectivity index (χ3n) is 2.39. The predicted octanol–water partition coefficient (Wildman–Crippen LogP) is 0.989. The lowest BCUT2D eigenvalue weighted by molar-refractivity contribution is 0.205. The van der Waals surface area contributed by atoms with E-state index >= 15 is 0 Å². The van der Waals surface area contributed by atoms with E-state index in [0.717, 1.165) is 0 Å². The van der Waals surface area contributed by atoms with Gasteiger partial charge < -0.3 is 14.7 Å². The number of aliphatic hydroxyl groups is 1. The van der Waals surface area contributed by atoms with Crippen LogP contribution in [0.15, 0.2) is 6.33 Å². The fraction of sp³-hybridized carbons (Fsp3) is 0.545. The van der Waals surface area contributed by atoms with Crippen molar-refractivity contribution >= 4 is 17.4 Å². The van der Waals surface area contributed by atoms with E-state index in [1.54, 1.807) is 7.11 Å². The Morgan fingerprint density at radius 1 is 1.50 bits per heavy atom. The van der Waals surface area contributed by atoms with Gasteiger partial charge in [-0.3, -0.25) is 0 Å². The molecule has 1 aromatic rings. The van der Waals surface area contributed by atoms with Gasteiger partial charge in [-0.2, -0.15) is 5.26 Å². The topological polar surface area (TPSA) is 82.3 Å². The first-order valence-corrected chi connectivity index (χ1v) is 5.83. The molecule has 0 atom stereocenters. The average Bonchev–Trinajstić information content (AvgIpc) is 2.39. The van der Waals surface area contributed by atoms with Gasteiger partial charge >= 0.3 is 0 Å². The largest absolute Gasteiger partial charge is 0.391 e. The van der Waals surface area contributed by atoms with Crippen molar-refractivity contribution in [3.8, 4) is 6.07 Å². The van der Waals surface area contributed by atoms with E-state index in [-0.39, 0.29) is 11.8 Å². The summed E-state index contributed by atoms with van der Waals surface area (Å²) < 4.78 is 5.01. The third kappa shape index (κ3) is 3.81. The van der Waals surface area contributed by atoms with Crippen LogP contribution >= 0.6 is 11.6 Å². The van der Waals surface area contributed by atoms with Crippen LogP contribution < -0.4 is 4.90 Å². The maximum atomic E-state index is 9.31. The number of rotatable bonds is 7. The first kappa shape index (κ1) is 14.6. The van der Waals surface area contributed by atoms with E-state index in [2.05, 4.69) is 16.0 Å². The fourth-order valence-corrected chi connectivity index (χ4v) is 1.69. The van der Waals surface area contributed by atoms with Gasteiger partial charge in [0.25, 0.3) is 0 Å². The number of halogens is 1. The number of anilines is 1. The normalized spacial score (nSPS) is 10.1. The highest BCUT2D eigenvalue weighted by atomic mass is 35.5. The first-order valence-electron chi connectivity index (χ1n) is 5.45. The van der Waals surface area contributed by atoms with Crippen molar-refractivity contribution in [1.82, 2.24) is 9.97 Å². The van der Waals surface area contributed by atoms with Crippen LogP contribution in [-0.4, -0.2) is 41.9 Å². The molecule has 1 aromatic heterocycles. The molecule has 1 heterocycles. The second-order valence-electron chi connectivity index (χ2n) is 3.51. The maximum Gasteiger partial charge on any atom is 0.140 e. The molecule has 7 heteroatoms. The Balaban J connectivity index is 2.96. The molecule has 98 valence electrons. The Bertz CT molecular complexity index is 422. The van der Waals surface area contributed by atoms with Crippen molar-refractivity contribution in [2.45, 2.75) is 13.0 Å². The molecule has 0 bridgehead atoms. The highest BCUT2D eigenvalue weighted by Gasteiger charge is 2.15. The molecular formula is C11H15ClN4O2. The number of nitrogens with zero attached hydrogens (tertiary/aromatic N) is 4. The van der Waals surface area contributed by atoms with Gasteiger partial charge in [-0.15, -0.1) is 0 Å². The third-order valence-corrected chi connectivity index (χ3v) is 2.71. The van der Waals surface area contributed by atoms with Gasteiger partial charge in [0.1, 0.15) is 17.3 Å². The molecule has 0 saturated carbocycles. The molecule has 0 radical (unpaired) electrons. The van der Waals surface area contributed by atoms with E-state index in [1.165, 1.54) is 6.33 Å². The zero-order valence-corrected chi connectivity index (χ0v) is 10.9. The lowest BCUT2D eigenvalue weighted by atomic mass is 10.3. The minimum absolute atomic E-state index is 0.224. The molecule has 1 rings (SSSR count). The predicted molar refractivity (Wildman–Crippen MR) is 67.3 cm³/mol. The Morgan fingerprint density at radius 3 is 2.89 bits per heavy atom. The summed E-state index contributed by atoms with van der Waals surface area (Å²) in [6, 6.07) is 2.08. The maximum absolute atomic E-state index is 9.31. The van der Waals surface area contributed by atoms with Crippen LogP contribution in [-0.2, 0) is 11.3 Å². The molecule has 0 aliphatic carbocycles. The Labute approximate surface area is 111 Å². The highest BCUT2D eigenvalue weighted by molar-refractivity contribution is 6.30. The minimum Gasteiger partial charge on any atom is -0.391 e. The molecule has 6 nitrogen and oxygen atoms in total. The van der Waals surface area contributed by atoms with Gasteiger partial charge in [-0.25, -0.2) is 9.97 Å². The molecule has 0 saturated heterocycles. The van der Waals surface area contributed by atoms with Gasteiger partial charge in [-0.05, 0) is 0 Å². The average molecular weight is 271 g/mol. The number of aliphatic hydroxyl groups excluding tert-OH is 1. The molecule has 0 amide bonds. The van der Waals surface area contributed by atoms with E-state index in [9.17, 15) is 5.11 Å². The lowest BCUT2D eigenvalue weighted by Gasteiger charge is -2.24. The number of ether oxygens (including phenoxy) is 1. The molecule has 0 aliphatic heterocycles. The molecule has 0 unspecified atom stereocenters. The molecular weight excluding hydrogens is 256 g/mol. The number of methoxy groups -OCH3 is 1. The van der Waals surface area contributed by atoms with Crippen molar-refractivity contribution in [2.24, 2.45) is 0 Å². The van der Waals surface area contributed by atoms with Crippen LogP contribution in [0.25, 0.3) is 0 Å². The highest BCUT2D eigenvalue weighted by Crippen LogP contribution is 2.23. The summed E-state index contributed by atoms with van der Waals surface area (Å²) in [7, 11) is 1.60. The molecule has 1 N–H and O–H groups in total. The molecule has 18 heavy (non-hydrogen) atoms. The van der Waals surface area contributed by atoms with Crippen LogP contribution in [0, 0.1) is 11.3 Å². The Morgan fingerprint density at radius 2 is 2.28 bits per heavy atom. The summed E-state index contributed by atoms with van der Waals surface area (Å²) in [5.74, 6) is 0.546. The lowest BCUT2D eigenvalue weighted by Crippen LogP contribution is -2.30. The van der Waals surface area contributed by atoms with Gasteiger partial charge in [0.15, 0.2) is 0 Å².